The number of benzene rings is 3. The van der Waals surface area contributed by atoms with Crippen molar-refractivity contribution in [3.8, 4) is 11.1 Å². The highest BCUT2D eigenvalue weighted by Crippen LogP contribution is 2.40. The highest BCUT2D eigenvalue weighted by molar-refractivity contribution is 8.00. The van der Waals surface area contributed by atoms with Crippen LogP contribution in [-0.2, 0) is 10.2 Å². The molecule has 0 atom stereocenters. The summed E-state index contributed by atoms with van der Waals surface area (Å²) in [7, 11) is 0. The van der Waals surface area contributed by atoms with Gasteiger partial charge in [-0.25, -0.2) is 9.18 Å². The first kappa shape index (κ1) is 25.7. The normalized spacial score (nSPS) is 13.8. The van der Waals surface area contributed by atoms with E-state index < -0.39 is 5.97 Å². The number of carboxylic acids is 1. The molecule has 2 heterocycles. The largest absolute Gasteiger partial charge is 0.478 e. The summed E-state index contributed by atoms with van der Waals surface area (Å²) in [5.41, 5.74) is 3.96. The number of pyridine rings is 1. The number of anilines is 2. The van der Waals surface area contributed by atoms with E-state index in [0.29, 0.717) is 34.3 Å². The van der Waals surface area contributed by atoms with Crippen molar-refractivity contribution < 1.29 is 19.1 Å². The van der Waals surface area contributed by atoms with Gasteiger partial charge in [-0.2, -0.15) is 0 Å². The molecule has 38 heavy (non-hydrogen) atoms. The molecule has 0 radical (unpaired) electrons. The standard InChI is InChI=1S/C30H28FN3O3S/c1-30(2,3)24-12-9-19(17-25(24)31)38-33-26-13-8-18(34-15-5-7-27(34)35)16-23(26)20-10-11-22(29(36)37)28-21(20)6-4-14-32-28/h4,6,8-14,16-17,33H,5,7,15H2,1-3H3,(H,36,37). The van der Waals surface area contributed by atoms with Gasteiger partial charge in [-0.1, -0.05) is 39.0 Å². The summed E-state index contributed by atoms with van der Waals surface area (Å²) in [6, 6.07) is 17.9. The fourth-order valence-corrected chi connectivity index (χ4v) is 5.50. The zero-order valence-corrected chi connectivity index (χ0v) is 22.2. The van der Waals surface area contributed by atoms with Crippen molar-refractivity contribution in [2.75, 3.05) is 16.2 Å². The number of hydrogen-bond donors (Lipinski definition) is 2. The number of hydrogen-bond acceptors (Lipinski definition) is 5. The molecular weight excluding hydrogens is 501 g/mol. The fourth-order valence-electron chi connectivity index (χ4n) is 4.79. The number of aromatic carboxylic acids is 1. The van der Waals surface area contributed by atoms with Crippen LogP contribution in [0.3, 0.4) is 0 Å². The summed E-state index contributed by atoms with van der Waals surface area (Å²) in [6.45, 7) is 6.58. The minimum Gasteiger partial charge on any atom is -0.478 e. The van der Waals surface area contributed by atoms with E-state index >= 15 is 0 Å². The van der Waals surface area contributed by atoms with Crippen LogP contribution < -0.4 is 9.62 Å². The molecule has 0 aliphatic carbocycles. The quantitative estimate of drug-likeness (QED) is 0.255. The molecule has 1 saturated heterocycles. The summed E-state index contributed by atoms with van der Waals surface area (Å²) in [5, 5.41) is 10.4. The molecule has 1 aliphatic heterocycles. The van der Waals surface area contributed by atoms with Crippen LogP contribution >= 0.6 is 11.9 Å². The number of fused-ring (bicyclic) bond motifs is 1. The number of carboxylic acid groups (broad SMARTS) is 1. The Kier molecular flexibility index (Phi) is 6.84. The molecule has 0 spiro atoms. The van der Waals surface area contributed by atoms with Gasteiger partial charge in [-0.15, -0.1) is 0 Å². The number of nitrogens with zero attached hydrogens (tertiary/aromatic N) is 2. The van der Waals surface area contributed by atoms with Crippen molar-refractivity contribution in [3.63, 3.8) is 0 Å². The van der Waals surface area contributed by atoms with Gasteiger partial charge >= 0.3 is 5.97 Å². The molecule has 8 heteroatoms. The van der Waals surface area contributed by atoms with Crippen LogP contribution in [0.5, 0.6) is 0 Å². The number of carbonyl (C=O) groups is 2. The van der Waals surface area contributed by atoms with Crippen molar-refractivity contribution in [1.82, 2.24) is 4.98 Å². The predicted octanol–water partition coefficient (Wildman–Crippen LogP) is 7.28. The molecule has 1 amide bonds. The van der Waals surface area contributed by atoms with Crippen LogP contribution in [0.1, 0.15) is 49.5 Å². The van der Waals surface area contributed by atoms with Gasteiger partial charge in [0, 0.05) is 40.7 Å². The Morgan fingerprint density at radius 3 is 2.58 bits per heavy atom. The Morgan fingerprint density at radius 1 is 1.08 bits per heavy atom. The van der Waals surface area contributed by atoms with Crippen molar-refractivity contribution in [1.29, 1.82) is 0 Å². The zero-order valence-electron chi connectivity index (χ0n) is 21.4. The Balaban J connectivity index is 1.58. The van der Waals surface area contributed by atoms with Crippen LogP contribution in [0.2, 0.25) is 0 Å². The van der Waals surface area contributed by atoms with Crippen molar-refractivity contribution in [3.05, 3.63) is 83.8 Å². The first-order valence-electron chi connectivity index (χ1n) is 12.4. The number of halogens is 1. The molecule has 1 aliphatic rings. The second kappa shape index (κ2) is 10.1. The van der Waals surface area contributed by atoms with Gasteiger partial charge < -0.3 is 14.7 Å². The van der Waals surface area contributed by atoms with E-state index in [1.165, 1.54) is 18.0 Å². The third-order valence-corrected chi connectivity index (χ3v) is 7.52. The predicted molar refractivity (Wildman–Crippen MR) is 150 cm³/mol. The molecule has 1 aromatic heterocycles. The van der Waals surface area contributed by atoms with Gasteiger partial charge in [-0.05, 0) is 77.4 Å². The van der Waals surface area contributed by atoms with E-state index in [9.17, 15) is 19.1 Å². The van der Waals surface area contributed by atoms with Gasteiger partial charge in [0.2, 0.25) is 5.91 Å². The van der Waals surface area contributed by atoms with Gasteiger partial charge in [-0.3, -0.25) is 9.78 Å². The number of carbonyl (C=O) groups excluding carboxylic acids is 1. The summed E-state index contributed by atoms with van der Waals surface area (Å²) < 4.78 is 18.2. The Bertz CT molecular complexity index is 1560. The topological polar surface area (TPSA) is 82.5 Å². The van der Waals surface area contributed by atoms with Crippen molar-refractivity contribution in [2.24, 2.45) is 0 Å². The third-order valence-electron chi connectivity index (χ3n) is 6.71. The lowest BCUT2D eigenvalue weighted by molar-refractivity contribution is -0.117. The van der Waals surface area contributed by atoms with Crippen LogP contribution in [0.15, 0.2) is 71.8 Å². The lowest BCUT2D eigenvalue weighted by Gasteiger charge is -2.21. The lowest BCUT2D eigenvalue weighted by atomic mass is 9.87. The number of amides is 1. The molecule has 1 fully saturated rings. The van der Waals surface area contributed by atoms with Crippen LogP contribution in [0, 0.1) is 5.82 Å². The minimum absolute atomic E-state index is 0.0770. The van der Waals surface area contributed by atoms with E-state index in [-0.39, 0.29) is 22.7 Å². The van der Waals surface area contributed by atoms with E-state index in [0.717, 1.165) is 28.9 Å². The molecule has 4 aromatic rings. The van der Waals surface area contributed by atoms with E-state index in [1.54, 1.807) is 29.3 Å². The van der Waals surface area contributed by atoms with Gasteiger partial charge in [0.05, 0.1) is 16.8 Å². The van der Waals surface area contributed by atoms with Gasteiger partial charge in [0.1, 0.15) is 5.82 Å². The first-order valence-corrected chi connectivity index (χ1v) is 13.2. The average molecular weight is 530 g/mol. The van der Waals surface area contributed by atoms with E-state index in [1.807, 2.05) is 57.2 Å². The second-order valence-corrected chi connectivity index (χ2v) is 11.2. The summed E-state index contributed by atoms with van der Waals surface area (Å²) in [6.07, 6.45) is 2.89. The third kappa shape index (κ3) is 4.96. The second-order valence-electron chi connectivity index (χ2n) is 10.3. The average Bonchev–Trinajstić information content (AvgIpc) is 3.31. The highest BCUT2D eigenvalue weighted by Gasteiger charge is 2.24. The molecule has 5 rings (SSSR count). The summed E-state index contributed by atoms with van der Waals surface area (Å²) in [5.74, 6) is -1.23. The fraction of sp³-hybridized carbons (Fsp3) is 0.233. The lowest BCUT2D eigenvalue weighted by Crippen LogP contribution is -2.23. The molecule has 194 valence electrons. The summed E-state index contributed by atoms with van der Waals surface area (Å²) in [4.78, 5) is 31.1. The zero-order chi connectivity index (χ0) is 27.0. The van der Waals surface area contributed by atoms with Crippen molar-refractivity contribution >= 4 is 46.1 Å². The Hall–Kier alpha value is -3.91. The van der Waals surface area contributed by atoms with Crippen LogP contribution in [0.25, 0.3) is 22.0 Å². The molecule has 6 nitrogen and oxygen atoms in total. The molecule has 2 N–H and O–H groups in total. The van der Waals surface area contributed by atoms with Gasteiger partial charge in [0.15, 0.2) is 0 Å². The molecule has 3 aromatic carbocycles. The maximum atomic E-state index is 14.8. The number of rotatable bonds is 6. The first-order chi connectivity index (χ1) is 18.1. The Labute approximate surface area is 225 Å². The molecular formula is C30H28FN3O3S. The molecule has 0 bridgehead atoms. The van der Waals surface area contributed by atoms with Gasteiger partial charge in [0.25, 0.3) is 0 Å². The molecule has 0 saturated carbocycles. The van der Waals surface area contributed by atoms with Crippen molar-refractivity contribution in [2.45, 2.75) is 43.9 Å². The smallest absolute Gasteiger partial charge is 0.337 e. The molecule has 0 unspecified atom stereocenters. The Morgan fingerprint density at radius 2 is 1.89 bits per heavy atom. The maximum Gasteiger partial charge on any atom is 0.337 e. The van der Waals surface area contributed by atoms with Crippen LogP contribution in [0.4, 0.5) is 15.8 Å². The van der Waals surface area contributed by atoms with E-state index in [2.05, 4.69) is 9.71 Å². The maximum absolute atomic E-state index is 14.8. The minimum atomic E-state index is -1.05. The number of aromatic nitrogens is 1. The SMILES string of the molecule is CC(C)(C)c1ccc(SNc2ccc(N3CCCC3=O)cc2-c2ccc(C(=O)O)c3ncccc23)cc1F. The summed E-state index contributed by atoms with van der Waals surface area (Å²) >= 11 is 1.29. The monoisotopic (exact) mass is 529 g/mol. The van der Waals surface area contributed by atoms with E-state index in [4.69, 9.17) is 0 Å². The number of nitrogens with one attached hydrogen (secondary N) is 1. The highest BCUT2D eigenvalue weighted by atomic mass is 32.2. The van der Waals surface area contributed by atoms with Crippen LogP contribution in [-0.4, -0.2) is 28.5 Å².